The van der Waals surface area contributed by atoms with Crippen molar-refractivity contribution in [3.05, 3.63) is 65.7 Å². The molecule has 7 nitrogen and oxygen atoms in total. The molecule has 0 radical (unpaired) electrons. The van der Waals surface area contributed by atoms with Crippen molar-refractivity contribution in [3.63, 3.8) is 0 Å². The van der Waals surface area contributed by atoms with E-state index in [1.54, 1.807) is 30.3 Å². The fourth-order valence-corrected chi connectivity index (χ4v) is 2.72. The van der Waals surface area contributed by atoms with Crippen LogP contribution in [0.1, 0.15) is 22.8 Å². The predicted molar refractivity (Wildman–Crippen MR) is 89.7 cm³/mol. The summed E-state index contributed by atoms with van der Waals surface area (Å²) >= 11 is 0. The summed E-state index contributed by atoms with van der Waals surface area (Å²) in [6.45, 7) is -1.63. The Morgan fingerprint density at radius 2 is 1.74 bits per heavy atom. The van der Waals surface area contributed by atoms with Gasteiger partial charge in [0, 0.05) is 0 Å². The number of hydrazine groups is 1. The number of imide groups is 1. The lowest BCUT2D eigenvalue weighted by Gasteiger charge is -2.22. The summed E-state index contributed by atoms with van der Waals surface area (Å²) in [7, 11) is 0. The molecular formula is C18H15F2N3O4. The molecule has 4 amide bonds. The van der Waals surface area contributed by atoms with Gasteiger partial charge < -0.3 is 10.1 Å². The second-order valence-electron chi connectivity index (χ2n) is 5.88. The molecule has 9 heteroatoms. The maximum absolute atomic E-state index is 12.7. The van der Waals surface area contributed by atoms with E-state index in [0.29, 0.717) is 10.6 Å². The van der Waals surface area contributed by atoms with Gasteiger partial charge in [-0.1, -0.05) is 42.5 Å². The Morgan fingerprint density at radius 3 is 2.41 bits per heavy atom. The smallest absolute Gasteiger partial charge is 0.387 e. The van der Waals surface area contributed by atoms with Gasteiger partial charge in [-0.25, -0.2) is 4.79 Å². The first-order valence-electron chi connectivity index (χ1n) is 7.90. The van der Waals surface area contributed by atoms with Crippen molar-refractivity contribution in [2.75, 3.05) is 0 Å². The molecule has 2 aromatic carbocycles. The highest BCUT2D eigenvalue weighted by molar-refractivity contribution is 6.09. The molecule has 0 saturated carbocycles. The molecule has 0 spiro atoms. The third-order valence-corrected chi connectivity index (χ3v) is 4.10. The van der Waals surface area contributed by atoms with Crippen molar-refractivity contribution >= 4 is 17.8 Å². The molecule has 1 heterocycles. The van der Waals surface area contributed by atoms with Crippen molar-refractivity contribution in [3.8, 4) is 5.75 Å². The van der Waals surface area contributed by atoms with Crippen LogP contribution in [0.5, 0.6) is 5.75 Å². The number of hydrogen-bond donors (Lipinski definition) is 2. The molecule has 1 atom stereocenters. The Morgan fingerprint density at radius 1 is 1.11 bits per heavy atom. The number of para-hydroxylation sites is 1. The zero-order valence-corrected chi connectivity index (χ0v) is 14.1. The van der Waals surface area contributed by atoms with Gasteiger partial charge in [0.25, 0.3) is 11.8 Å². The van der Waals surface area contributed by atoms with E-state index < -0.39 is 30.0 Å². The molecule has 1 saturated heterocycles. The third-order valence-electron chi connectivity index (χ3n) is 4.10. The summed E-state index contributed by atoms with van der Waals surface area (Å²) in [5.41, 5.74) is 1.06. The summed E-state index contributed by atoms with van der Waals surface area (Å²) in [6, 6.07) is 12.9. The quantitative estimate of drug-likeness (QED) is 0.786. The topological polar surface area (TPSA) is 87.7 Å². The first kappa shape index (κ1) is 18.3. The minimum atomic E-state index is -3.13. The summed E-state index contributed by atoms with van der Waals surface area (Å²) in [5, 5.41) is 3.04. The number of nitrogens with one attached hydrogen (secondary N) is 2. The number of ether oxygens (including phenoxy) is 1. The molecule has 0 bridgehead atoms. The highest BCUT2D eigenvalue weighted by atomic mass is 19.3. The first-order valence-corrected chi connectivity index (χ1v) is 7.90. The maximum atomic E-state index is 12.7. The van der Waals surface area contributed by atoms with Crippen LogP contribution in [0.2, 0.25) is 0 Å². The van der Waals surface area contributed by atoms with Gasteiger partial charge in [-0.15, -0.1) is 0 Å². The molecule has 0 aromatic heterocycles. The van der Waals surface area contributed by atoms with Gasteiger partial charge in [-0.2, -0.15) is 13.8 Å². The Kier molecular flexibility index (Phi) is 4.76. The van der Waals surface area contributed by atoms with Gasteiger partial charge in [0.05, 0.1) is 5.56 Å². The Balaban J connectivity index is 1.83. The van der Waals surface area contributed by atoms with Crippen LogP contribution in [0, 0.1) is 0 Å². The predicted octanol–water partition coefficient (Wildman–Crippen LogP) is 2.40. The first-order chi connectivity index (χ1) is 12.8. The zero-order valence-electron chi connectivity index (χ0n) is 14.1. The molecule has 3 rings (SSSR count). The Labute approximate surface area is 152 Å². The maximum Gasteiger partial charge on any atom is 0.387 e. The minimum absolute atomic E-state index is 0.244. The SMILES string of the molecule is C[C@@]1(c2ccccc2)NC(=O)N(NC(=O)c2ccccc2OC(F)F)C1=O. The highest BCUT2D eigenvalue weighted by Gasteiger charge is 2.50. The summed E-state index contributed by atoms with van der Waals surface area (Å²) in [6.07, 6.45) is 0. The minimum Gasteiger partial charge on any atom is -0.434 e. The van der Waals surface area contributed by atoms with E-state index in [1.807, 2.05) is 0 Å². The lowest BCUT2D eigenvalue weighted by Crippen LogP contribution is -2.48. The second-order valence-corrected chi connectivity index (χ2v) is 5.88. The number of halogens is 2. The average Bonchev–Trinajstić information content (AvgIpc) is 2.86. The van der Waals surface area contributed by atoms with Gasteiger partial charge in [-0.3, -0.25) is 15.0 Å². The van der Waals surface area contributed by atoms with Crippen molar-refractivity contribution in [2.24, 2.45) is 0 Å². The van der Waals surface area contributed by atoms with Crippen LogP contribution in [0.15, 0.2) is 54.6 Å². The molecule has 1 aliphatic heterocycles. The lowest BCUT2D eigenvalue weighted by molar-refractivity contribution is -0.132. The van der Waals surface area contributed by atoms with E-state index in [9.17, 15) is 23.2 Å². The highest BCUT2D eigenvalue weighted by Crippen LogP contribution is 2.28. The molecule has 1 fully saturated rings. The zero-order chi connectivity index (χ0) is 19.6. The standard InChI is InChI=1S/C18H15F2N3O4/c1-18(11-7-3-2-4-8-11)15(25)23(17(26)21-18)22-14(24)12-9-5-6-10-13(12)27-16(19)20/h2-10,16H,1H3,(H,21,26)(H,22,24)/t18-/m0/s1. The molecule has 27 heavy (non-hydrogen) atoms. The molecule has 0 unspecified atom stereocenters. The van der Waals surface area contributed by atoms with Crippen LogP contribution < -0.4 is 15.5 Å². The van der Waals surface area contributed by atoms with E-state index >= 15 is 0 Å². The van der Waals surface area contributed by atoms with Crippen LogP contribution in [0.25, 0.3) is 0 Å². The number of alkyl halides is 2. The number of urea groups is 1. The number of carbonyl (C=O) groups is 3. The van der Waals surface area contributed by atoms with Crippen molar-refractivity contribution in [1.29, 1.82) is 0 Å². The number of hydrogen-bond acceptors (Lipinski definition) is 4. The van der Waals surface area contributed by atoms with Crippen molar-refractivity contribution < 1.29 is 27.9 Å². The van der Waals surface area contributed by atoms with Gasteiger partial charge >= 0.3 is 12.6 Å². The van der Waals surface area contributed by atoms with E-state index in [0.717, 1.165) is 0 Å². The van der Waals surface area contributed by atoms with E-state index in [2.05, 4.69) is 15.5 Å². The lowest BCUT2D eigenvalue weighted by atomic mass is 9.92. The van der Waals surface area contributed by atoms with Gasteiger partial charge in [0.2, 0.25) is 0 Å². The number of rotatable bonds is 5. The molecule has 0 aliphatic carbocycles. The molecule has 1 aliphatic rings. The molecule has 140 valence electrons. The fourth-order valence-electron chi connectivity index (χ4n) is 2.72. The van der Waals surface area contributed by atoms with Crippen LogP contribution >= 0.6 is 0 Å². The fraction of sp³-hybridized carbons (Fsp3) is 0.167. The van der Waals surface area contributed by atoms with E-state index in [-0.39, 0.29) is 11.3 Å². The Bertz CT molecular complexity index is 891. The van der Waals surface area contributed by atoms with Gasteiger partial charge in [0.15, 0.2) is 0 Å². The van der Waals surface area contributed by atoms with Crippen LogP contribution in [-0.2, 0) is 10.3 Å². The number of nitrogens with zero attached hydrogens (tertiary/aromatic N) is 1. The van der Waals surface area contributed by atoms with Crippen LogP contribution in [0.3, 0.4) is 0 Å². The van der Waals surface area contributed by atoms with Crippen molar-refractivity contribution in [1.82, 2.24) is 15.8 Å². The number of carbonyl (C=O) groups excluding carboxylic acids is 3. The summed E-state index contributed by atoms with van der Waals surface area (Å²) < 4.78 is 29.3. The van der Waals surface area contributed by atoms with Crippen LogP contribution in [0.4, 0.5) is 13.6 Å². The largest absolute Gasteiger partial charge is 0.434 e. The number of amides is 4. The third kappa shape index (κ3) is 3.43. The average molecular weight is 375 g/mol. The molecule has 2 N–H and O–H groups in total. The van der Waals surface area contributed by atoms with E-state index in [1.165, 1.54) is 31.2 Å². The van der Waals surface area contributed by atoms with E-state index in [4.69, 9.17) is 0 Å². The van der Waals surface area contributed by atoms with Crippen LogP contribution in [-0.4, -0.2) is 29.5 Å². The Hall–Kier alpha value is -3.49. The van der Waals surface area contributed by atoms with Gasteiger partial charge in [0.1, 0.15) is 11.3 Å². The molecular weight excluding hydrogens is 360 g/mol. The van der Waals surface area contributed by atoms with Crippen molar-refractivity contribution in [2.45, 2.75) is 19.1 Å². The summed E-state index contributed by atoms with van der Waals surface area (Å²) in [5.74, 6) is -2.02. The second kappa shape index (κ2) is 7.02. The number of benzene rings is 2. The normalized spacial score (nSPS) is 19.2. The van der Waals surface area contributed by atoms with Gasteiger partial charge in [-0.05, 0) is 24.6 Å². The monoisotopic (exact) mass is 375 g/mol. The molecule has 2 aromatic rings. The summed E-state index contributed by atoms with van der Waals surface area (Å²) in [4.78, 5) is 37.4.